The van der Waals surface area contributed by atoms with Crippen LogP contribution in [0.15, 0.2) is 24.8 Å². The van der Waals surface area contributed by atoms with Gasteiger partial charge >= 0.3 is 0 Å². The van der Waals surface area contributed by atoms with Crippen molar-refractivity contribution in [3.8, 4) is 0 Å². The summed E-state index contributed by atoms with van der Waals surface area (Å²) >= 11 is 0. The van der Waals surface area contributed by atoms with E-state index in [9.17, 15) is 4.79 Å². The maximum atomic E-state index is 12.0. The number of nitrogens with one attached hydrogen (secondary N) is 2. The van der Waals surface area contributed by atoms with Crippen LogP contribution in [-0.2, 0) is 13.5 Å². The van der Waals surface area contributed by atoms with Gasteiger partial charge in [0.15, 0.2) is 0 Å². The van der Waals surface area contributed by atoms with Gasteiger partial charge in [-0.2, -0.15) is 0 Å². The Labute approximate surface area is 111 Å². The first kappa shape index (κ1) is 13.0. The molecule has 0 saturated carbocycles. The maximum Gasteiger partial charge on any atom is 0.254 e. The number of hydrogen-bond donors (Lipinski definition) is 2. The molecule has 0 saturated heterocycles. The van der Waals surface area contributed by atoms with E-state index < -0.39 is 0 Å². The van der Waals surface area contributed by atoms with Gasteiger partial charge in [0.25, 0.3) is 5.91 Å². The van der Waals surface area contributed by atoms with Crippen LogP contribution in [0, 0.1) is 0 Å². The van der Waals surface area contributed by atoms with Gasteiger partial charge in [0, 0.05) is 45.1 Å². The predicted octanol–water partition coefficient (Wildman–Crippen LogP) is 0.224. The molecule has 0 aliphatic carbocycles. The van der Waals surface area contributed by atoms with E-state index >= 15 is 0 Å². The molecular formula is C12H16N6O. The molecule has 2 aromatic heterocycles. The highest BCUT2D eigenvalue weighted by molar-refractivity contribution is 5.99. The van der Waals surface area contributed by atoms with Gasteiger partial charge in [-0.05, 0) is 6.07 Å². The Hall–Kier alpha value is -2.44. The molecule has 2 rings (SSSR count). The number of hydrogen-bond acceptors (Lipinski definition) is 5. The number of aromatic nitrogens is 4. The average Bonchev–Trinajstić information content (AvgIpc) is 2.84. The van der Waals surface area contributed by atoms with Crippen LogP contribution in [-0.4, -0.2) is 39.2 Å². The molecule has 2 aromatic rings. The second-order valence-electron chi connectivity index (χ2n) is 4.04. The number of carbonyl (C=O) groups is 1. The van der Waals surface area contributed by atoms with Crippen molar-refractivity contribution >= 4 is 11.6 Å². The topological polar surface area (TPSA) is 84.7 Å². The van der Waals surface area contributed by atoms with Crippen LogP contribution in [0.3, 0.4) is 0 Å². The third-order valence-electron chi connectivity index (χ3n) is 2.77. The Balaban J connectivity index is 1.93. The third kappa shape index (κ3) is 3.06. The molecule has 0 unspecified atom stereocenters. The van der Waals surface area contributed by atoms with Gasteiger partial charge in [-0.15, -0.1) is 10.2 Å². The zero-order valence-corrected chi connectivity index (χ0v) is 10.9. The predicted molar refractivity (Wildman–Crippen MR) is 70.8 cm³/mol. The first-order valence-corrected chi connectivity index (χ1v) is 5.95. The Kier molecular flexibility index (Phi) is 4.07. The molecule has 0 aromatic carbocycles. The lowest BCUT2D eigenvalue weighted by Crippen LogP contribution is -2.27. The van der Waals surface area contributed by atoms with Crippen molar-refractivity contribution in [3.05, 3.63) is 36.2 Å². The average molecular weight is 260 g/mol. The second-order valence-corrected chi connectivity index (χ2v) is 4.04. The van der Waals surface area contributed by atoms with E-state index in [4.69, 9.17) is 0 Å². The summed E-state index contributed by atoms with van der Waals surface area (Å²) in [6, 6.07) is 1.76. The molecule has 0 aliphatic heterocycles. The molecule has 0 fully saturated rings. The van der Waals surface area contributed by atoms with E-state index in [2.05, 4.69) is 25.8 Å². The van der Waals surface area contributed by atoms with Gasteiger partial charge in [0.2, 0.25) is 0 Å². The molecule has 2 N–H and O–H groups in total. The second kappa shape index (κ2) is 5.94. The summed E-state index contributed by atoms with van der Waals surface area (Å²) < 4.78 is 1.83. The molecule has 0 atom stereocenters. The summed E-state index contributed by atoms with van der Waals surface area (Å²) in [5.74, 6) is 0.681. The number of rotatable bonds is 5. The van der Waals surface area contributed by atoms with Crippen molar-refractivity contribution in [3.63, 3.8) is 0 Å². The van der Waals surface area contributed by atoms with Crippen molar-refractivity contribution in [2.45, 2.75) is 6.42 Å². The molecule has 100 valence electrons. The summed E-state index contributed by atoms with van der Waals surface area (Å²) in [5, 5.41) is 13.5. The molecule has 0 aliphatic rings. The lowest BCUT2D eigenvalue weighted by Gasteiger charge is -2.08. The van der Waals surface area contributed by atoms with Crippen LogP contribution in [0.4, 0.5) is 5.69 Å². The van der Waals surface area contributed by atoms with Crippen molar-refractivity contribution in [2.24, 2.45) is 7.05 Å². The minimum atomic E-state index is -0.153. The fourth-order valence-electron chi connectivity index (χ4n) is 1.71. The van der Waals surface area contributed by atoms with Crippen LogP contribution in [0.5, 0.6) is 0 Å². The Morgan fingerprint density at radius 3 is 3.00 bits per heavy atom. The SMILES string of the molecule is CNc1ccncc1C(=O)NCCc1nncn1C. The smallest absolute Gasteiger partial charge is 0.254 e. The standard InChI is InChI=1S/C12H16N6O/c1-13-10-3-5-14-7-9(10)12(19)15-6-4-11-17-16-8-18(11)2/h3,5,7-8H,4,6H2,1-2H3,(H,13,14)(H,15,19). The minimum absolute atomic E-state index is 0.153. The summed E-state index contributed by atoms with van der Waals surface area (Å²) in [4.78, 5) is 16.0. The molecule has 0 spiro atoms. The maximum absolute atomic E-state index is 12.0. The molecule has 7 nitrogen and oxygen atoms in total. The fourth-order valence-corrected chi connectivity index (χ4v) is 1.71. The van der Waals surface area contributed by atoms with Crippen LogP contribution < -0.4 is 10.6 Å². The monoisotopic (exact) mass is 260 g/mol. The van der Waals surface area contributed by atoms with Crippen LogP contribution >= 0.6 is 0 Å². The van der Waals surface area contributed by atoms with Crippen molar-refractivity contribution < 1.29 is 4.79 Å². The number of amides is 1. The number of nitrogens with zero attached hydrogens (tertiary/aromatic N) is 4. The quantitative estimate of drug-likeness (QED) is 0.803. The van der Waals surface area contributed by atoms with Gasteiger partial charge in [-0.25, -0.2) is 0 Å². The molecule has 0 bridgehead atoms. The van der Waals surface area contributed by atoms with Crippen LogP contribution in [0.2, 0.25) is 0 Å². The van der Waals surface area contributed by atoms with Crippen LogP contribution in [0.25, 0.3) is 0 Å². The third-order valence-corrected chi connectivity index (χ3v) is 2.77. The fraction of sp³-hybridized carbons (Fsp3) is 0.333. The number of pyridine rings is 1. The Morgan fingerprint density at radius 1 is 1.47 bits per heavy atom. The van der Waals surface area contributed by atoms with Gasteiger partial charge in [-0.1, -0.05) is 0 Å². The highest BCUT2D eigenvalue weighted by atomic mass is 16.1. The number of anilines is 1. The largest absolute Gasteiger partial charge is 0.387 e. The lowest BCUT2D eigenvalue weighted by atomic mass is 10.2. The van der Waals surface area contributed by atoms with E-state index in [1.807, 2.05) is 11.6 Å². The zero-order valence-electron chi connectivity index (χ0n) is 10.9. The van der Waals surface area contributed by atoms with E-state index in [1.165, 1.54) is 0 Å². The van der Waals surface area contributed by atoms with E-state index in [0.29, 0.717) is 18.5 Å². The minimum Gasteiger partial charge on any atom is -0.387 e. The van der Waals surface area contributed by atoms with Crippen molar-refractivity contribution in [1.29, 1.82) is 0 Å². The molecule has 7 heteroatoms. The van der Waals surface area contributed by atoms with E-state index in [-0.39, 0.29) is 5.91 Å². The Morgan fingerprint density at radius 2 is 2.32 bits per heavy atom. The van der Waals surface area contributed by atoms with Gasteiger partial charge in [-0.3, -0.25) is 9.78 Å². The molecule has 1 amide bonds. The van der Waals surface area contributed by atoms with E-state index in [1.54, 1.807) is 31.8 Å². The van der Waals surface area contributed by atoms with Crippen molar-refractivity contribution in [1.82, 2.24) is 25.1 Å². The molecule has 2 heterocycles. The Bertz CT molecular complexity index is 565. The van der Waals surface area contributed by atoms with Gasteiger partial charge < -0.3 is 15.2 Å². The number of carbonyl (C=O) groups excluding carboxylic acids is 1. The summed E-state index contributed by atoms with van der Waals surface area (Å²) in [6.07, 6.45) is 5.46. The molecule has 0 radical (unpaired) electrons. The summed E-state index contributed by atoms with van der Waals surface area (Å²) in [7, 11) is 3.64. The number of aryl methyl sites for hydroxylation is 1. The normalized spacial score (nSPS) is 10.2. The first-order chi connectivity index (χ1) is 9.22. The zero-order chi connectivity index (χ0) is 13.7. The van der Waals surface area contributed by atoms with Gasteiger partial charge in [0.1, 0.15) is 12.2 Å². The highest BCUT2D eigenvalue weighted by Crippen LogP contribution is 2.11. The van der Waals surface area contributed by atoms with Crippen molar-refractivity contribution in [2.75, 3.05) is 18.9 Å². The summed E-state index contributed by atoms with van der Waals surface area (Å²) in [5.41, 5.74) is 1.29. The first-order valence-electron chi connectivity index (χ1n) is 5.95. The van der Waals surface area contributed by atoms with Crippen LogP contribution in [0.1, 0.15) is 16.2 Å². The van der Waals surface area contributed by atoms with E-state index in [0.717, 1.165) is 11.5 Å². The molecular weight excluding hydrogens is 244 g/mol. The highest BCUT2D eigenvalue weighted by Gasteiger charge is 2.10. The summed E-state index contributed by atoms with van der Waals surface area (Å²) in [6.45, 7) is 0.503. The molecule has 19 heavy (non-hydrogen) atoms. The lowest BCUT2D eigenvalue weighted by molar-refractivity contribution is 0.0954. The van der Waals surface area contributed by atoms with Gasteiger partial charge in [0.05, 0.1) is 5.56 Å².